The van der Waals surface area contributed by atoms with Crippen molar-refractivity contribution in [3.05, 3.63) is 58.6 Å². The summed E-state index contributed by atoms with van der Waals surface area (Å²) in [6, 6.07) is 15.4. The summed E-state index contributed by atoms with van der Waals surface area (Å²) in [5.41, 5.74) is 2.04. The van der Waals surface area contributed by atoms with Crippen molar-refractivity contribution in [2.24, 2.45) is 0 Å². The van der Waals surface area contributed by atoms with Gasteiger partial charge in [0.1, 0.15) is 5.75 Å². The third kappa shape index (κ3) is 3.24. The van der Waals surface area contributed by atoms with Crippen LogP contribution in [-0.4, -0.2) is 11.7 Å². The molecule has 0 aliphatic heterocycles. The first-order valence-corrected chi connectivity index (χ1v) is 6.32. The summed E-state index contributed by atoms with van der Waals surface area (Å²) in [5, 5.41) is 12.8. The molecule has 17 heavy (non-hydrogen) atoms. The Labute approximate surface area is 109 Å². The van der Waals surface area contributed by atoms with E-state index in [9.17, 15) is 5.11 Å². The monoisotopic (exact) mass is 291 g/mol. The van der Waals surface area contributed by atoms with Crippen LogP contribution in [0.4, 0.5) is 5.69 Å². The number of halogens is 1. The number of para-hydroxylation sites is 2. The van der Waals surface area contributed by atoms with Crippen LogP contribution in [0.3, 0.4) is 0 Å². The highest BCUT2D eigenvalue weighted by Gasteiger charge is 2.00. The topological polar surface area (TPSA) is 32.3 Å². The lowest BCUT2D eigenvalue weighted by molar-refractivity contribution is 0.477. The molecule has 0 saturated carbocycles. The quantitative estimate of drug-likeness (QED) is 0.840. The fourth-order valence-corrected chi connectivity index (χ4v) is 2.14. The molecule has 0 aliphatic rings. The summed E-state index contributed by atoms with van der Waals surface area (Å²) in [7, 11) is 0. The van der Waals surface area contributed by atoms with Crippen molar-refractivity contribution < 1.29 is 5.11 Å². The van der Waals surface area contributed by atoms with Crippen LogP contribution in [0, 0.1) is 0 Å². The van der Waals surface area contributed by atoms with E-state index in [-0.39, 0.29) is 0 Å². The zero-order valence-electron chi connectivity index (χ0n) is 9.36. The van der Waals surface area contributed by atoms with Gasteiger partial charge in [0.15, 0.2) is 0 Å². The number of anilines is 1. The van der Waals surface area contributed by atoms with Gasteiger partial charge in [-0.15, -0.1) is 0 Å². The molecular weight excluding hydrogens is 278 g/mol. The van der Waals surface area contributed by atoms with Crippen LogP contribution in [-0.2, 0) is 6.42 Å². The lowest BCUT2D eigenvalue weighted by Gasteiger charge is -2.09. The Morgan fingerprint density at radius 3 is 2.47 bits per heavy atom. The second-order valence-corrected chi connectivity index (χ2v) is 4.64. The minimum atomic E-state index is 0.291. The third-order valence-corrected chi connectivity index (χ3v) is 3.35. The predicted molar refractivity (Wildman–Crippen MR) is 74.4 cm³/mol. The zero-order valence-corrected chi connectivity index (χ0v) is 10.9. The first kappa shape index (κ1) is 12.0. The Bertz CT molecular complexity index is 454. The van der Waals surface area contributed by atoms with E-state index in [1.165, 1.54) is 5.56 Å². The van der Waals surface area contributed by atoms with Crippen LogP contribution in [0.1, 0.15) is 5.56 Å². The van der Waals surface area contributed by atoms with Gasteiger partial charge in [0, 0.05) is 11.0 Å². The lowest BCUT2D eigenvalue weighted by atomic mass is 10.1. The Morgan fingerprint density at radius 1 is 1.00 bits per heavy atom. The van der Waals surface area contributed by atoms with Crippen LogP contribution in [0.2, 0.25) is 0 Å². The Morgan fingerprint density at radius 2 is 1.71 bits per heavy atom. The van der Waals surface area contributed by atoms with Gasteiger partial charge in [0.25, 0.3) is 0 Å². The van der Waals surface area contributed by atoms with Crippen LogP contribution >= 0.6 is 15.9 Å². The smallest absolute Gasteiger partial charge is 0.138 e. The normalized spacial score (nSPS) is 10.2. The largest absolute Gasteiger partial charge is 0.506 e. The van der Waals surface area contributed by atoms with E-state index in [0.29, 0.717) is 5.75 Å². The van der Waals surface area contributed by atoms with E-state index in [4.69, 9.17) is 0 Å². The van der Waals surface area contributed by atoms with Gasteiger partial charge in [0.05, 0.1) is 5.69 Å². The van der Waals surface area contributed by atoms with E-state index in [2.05, 4.69) is 27.3 Å². The molecule has 3 heteroatoms. The second-order valence-electron chi connectivity index (χ2n) is 3.79. The van der Waals surface area contributed by atoms with Crippen LogP contribution < -0.4 is 5.32 Å². The number of rotatable bonds is 4. The summed E-state index contributed by atoms with van der Waals surface area (Å²) >= 11 is 3.52. The maximum Gasteiger partial charge on any atom is 0.138 e. The SMILES string of the molecule is Oc1ccccc1NCCc1ccccc1Br. The third-order valence-electron chi connectivity index (χ3n) is 2.57. The maximum absolute atomic E-state index is 9.59. The van der Waals surface area contributed by atoms with Crippen molar-refractivity contribution in [3.63, 3.8) is 0 Å². The molecule has 0 bridgehead atoms. The van der Waals surface area contributed by atoms with Crippen molar-refractivity contribution in [1.29, 1.82) is 0 Å². The highest BCUT2D eigenvalue weighted by atomic mass is 79.9. The average molecular weight is 292 g/mol. The Hall–Kier alpha value is -1.48. The van der Waals surface area contributed by atoms with Crippen molar-refractivity contribution >= 4 is 21.6 Å². The van der Waals surface area contributed by atoms with Gasteiger partial charge < -0.3 is 10.4 Å². The van der Waals surface area contributed by atoms with Gasteiger partial charge in [-0.25, -0.2) is 0 Å². The molecule has 0 saturated heterocycles. The molecule has 2 aromatic rings. The number of hydrogen-bond donors (Lipinski definition) is 2. The summed E-state index contributed by atoms with van der Waals surface area (Å²) in [6.45, 7) is 0.792. The number of aromatic hydroxyl groups is 1. The Balaban J connectivity index is 1.93. The molecule has 0 aromatic heterocycles. The number of nitrogens with one attached hydrogen (secondary N) is 1. The molecule has 2 N–H and O–H groups in total. The molecule has 0 spiro atoms. The van der Waals surface area contributed by atoms with Gasteiger partial charge in [0.2, 0.25) is 0 Å². The number of benzene rings is 2. The summed E-state index contributed by atoms with van der Waals surface area (Å²) in [4.78, 5) is 0. The van der Waals surface area contributed by atoms with Crippen molar-refractivity contribution in [2.45, 2.75) is 6.42 Å². The van der Waals surface area contributed by atoms with Gasteiger partial charge in [-0.05, 0) is 30.2 Å². The number of phenolic OH excluding ortho intramolecular Hbond substituents is 1. The van der Waals surface area contributed by atoms with Crippen molar-refractivity contribution in [2.75, 3.05) is 11.9 Å². The molecule has 0 radical (unpaired) electrons. The highest BCUT2D eigenvalue weighted by Crippen LogP contribution is 2.22. The summed E-state index contributed by atoms with van der Waals surface area (Å²) in [6.07, 6.45) is 0.912. The molecular formula is C14H14BrNO. The minimum absolute atomic E-state index is 0.291. The van der Waals surface area contributed by atoms with Gasteiger partial charge in [-0.1, -0.05) is 46.3 Å². The predicted octanol–water partition coefficient (Wildman–Crippen LogP) is 3.81. The van der Waals surface area contributed by atoms with Crippen molar-refractivity contribution in [3.8, 4) is 5.75 Å². The molecule has 2 nitrogen and oxygen atoms in total. The minimum Gasteiger partial charge on any atom is -0.506 e. The second kappa shape index (κ2) is 5.73. The molecule has 0 aliphatic carbocycles. The average Bonchev–Trinajstić information content (AvgIpc) is 2.34. The molecule has 88 valence electrons. The molecule has 0 heterocycles. The van der Waals surface area contributed by atoms with Gasteiger partial charge in [-0.2, -0.15) is 0 Å². The van der Waals surface area contributed by atoms with Gasteiger partial charge in [-0.3, -0.25) is 0 Å². The first-order chi connectivity index (χ1) is 8.27. The molecule has 2 aromatic carbocycles. The molecule has 0 fully saturated rings. The van der Waals surface area contributed by atoms with Crippen molar-refractivity contribution in [1.82, 2.24) is 0 Å². The van der Waals surface area contributed by atoms with E-state index in [0.717, 1.165) is 23.1 Å². The molecule has 0 amide bonds. The lowest BCUT2D eigenvalue weighted by Crippen LogP contribution is -2.05. The van der Waals surface area contributed by atoms with E-state index < -0.39 is 0 Å². The van der Waals surface area contributed by atoms with Crippen LogP contribution in [0.5, 0.6) is 5.75 Å². The van der Waals surface area contributed by atoms with Gasteiger partial charge >= 0.3 is 0 Å². The van der Waals surface area contributed by atoms with E-state index in [1.54, 1.807) is 6.07 Å². The molecule has 0 atom stereocenters. The highest BCUT2D eigenvalue weighted by molar-refractivity contribution is 9.10. The molecule has 2 rings (SSSR count). The van der Waals surface area contributed by atoms with E-state index >= 15 is 0 Å². The standard InChI is InChI=1S/C14H14BrNO/c15-12-6-2-1-5-11(12)9-10-16-13-7-3-4-8-14(13)17/h1-8,16-17H,9-10H2. The fourth-order valence-electron chi connectivity index (χ4n) is 1.66. The fraction of sp³-hybridized carbons (Fsp3) is 0.143. The Kier molecular flexibility index (Phi) is 4.04. The maximum atomic E-state index is 9.59. The molecule has 0 unspecified atom stereocenters. The first-order valence-electron chi connectivity index (χ1n) is 5.52. The van der Waals surface area contributed by atoms with Crippen LogP contribution in [0.25, 0.3) is 0 Å². The summed E-state index contributed by atoms with van der Waals surface area (Å²) < 4.78 is 1.12. The zero-order chi connectivity index (χ0) is 12.1. The number of phenols is 1. The van der Waals surface area contributed by atoms with E-state index in [1.807, 2.05) is 36.4 Å². The van der Waals surface area contributed by atoms with Crippen LogP contribution in [0.15, 0.2) is 53.0 Å². The number of hydrogen-bond acceptors (Lipinski definition) is 2. The summed E-state index contributed by atoms with van der Waals surface area (Å²) in [5.74, 6) is 0.291.